The van der Waals surface area contributed by atoms with Crippen molar-refractivity contribution in [3.8, 4) is 0 Å². The SMILES string of the molecule is CNC1CC2CCCC(C1)N2CCN1CCSCC1. The lowest BCUT2D eigenvalue weighted by Gasteiger charge is -2.49. The van der Waals surface area contributed by atoms with Crippen LogP contribution in [0.25, 0.3) is 0 Å². The molecule has 3 aliphatic rings. The largest absolute Gasteiger partial charge is 0.317 e. The summed E-state index contributed by atoms with van der Waals surface area (Å²) in [6, 6.07) is 2.51. The maximum atomic E-state index is 3.52. The average Bonchev–Trinajstić information content (AvgIpc) is 2.45. The number of nitrogens with zero attached hydrogens (tertiary/aromatic N) is 2. The minimum Gasteiger partial charge on any atom is -0.317 e. The van der Waals surface area contributed by atoms with E-state index >= 15 is 0 Å². The second kappa shape index (κ2) is 6.79. The van der Waals surface area contributed by atoms with Crippen molar-refractivity contribution < 1.29 is 0 Å². The molecule has 1 N–H and O–H groups in total. The van der Waals surface area contributed by atoms with E-state index in [1.807, 2.05) is 0 Å². The van der Waals surface area contributed by atoms with Gasteiger partial charge in [-0.05, 0) is 32.7 Å². The van der Waals surface area contributed by atoms with Crippen LogP contribution in [-0.4, -0.2) is 72.7 Å². The van der Waals surface area contributed by atoms with Crippen LogP contribution in [0.1, 0.15) is 32.1 Å². The van der Waals surface area contributed by atoms with Gasteiger partial charge in [0.1, 0.15) is 0 Å². The highest BCUT2D eigenvalue weighted by molar-refractivity contribution is 7.99. The molecule has 2 unspecified atom stereocenters. The summed E-state index contributed by atoms with van der Waals surface area (Å²) < 4.78 is 0. The van der Waals surface area contributed by atoms with Gasteiger partial charge in [-0.2, -0.15) is 11.8 Å². The van der Waals surface area contributed by atoms with Crippen molar-refractivity contribution in [1.29, 1.82) is 0 Å². The molecule has 0 saturated carbocycles. The molecule has 0 aliphatic carbocycles. The maximum absolute atomic E-state index is 3.52. The molecule has 2 bridgehead atoms. The number of hydrogen-bond acceptors (Lipinski definition) is 4. The zero-order valence-electron chi connectivity index (χ0n) is 12.3. The summed E-state index contributed by atoms with van der Waals surface area (Å²) in [4.78, 5) is 5.54. The van der Waals surface area contributed by atoms with Crippen molar-refractivity contribution in [3.05, 3.63) is 0 Å². The Kier molecular flexibility index (Phi) is 5.07. The summed E-state index contributed by atoms with van der Waals surface area (Å²) in [6.07, 6.45) is 7.09. The van der Waals surface area contributed by atoms with Crippen molar-refractivity contribution in [2.45, 2.75) is 50.2 Å². The van der Waals surface area contributed by atoms with Crippen molar-refractivity contribution in [1.82, 2.24) is 15.1 Å². The zero-order chi connectivity index (χ0) is 13.1. The standard InChI is InChI=1S/C15H29N3S/c1-16-13-11-14-3-2-4-15(12-13)18(14)6-5-17-7-9-19-10-8-17/h13-16H,2-12H2,1H3. The van der Waals surface area contributed by atoms with Crippen LogP contribution < -0.4 is 5.32 Å². The molecule has 3 nitrogen and oxygen atoms in total. The molecule has 3 saturated heterocycles. The van der Waals surface area contributed by atoms with E-state index in [0.29, 0.717) is 0 Å². The first-order valence-electron chi connectivity index (χ1n) is 8.10. The first-order valence-corrected chi connectivity index (χ1v) is 9.25. The number of fused-ring (bicyclic) bond motifs is 2. The first kappa shape index (κ1) is 14.2. The molecule has 0 spiro atoms. The van der Waals surface area contributed by atoms with Gasteiger partial charge in [-0.1, -0.05) is 6.42 Å². The normalized spacial score (nSPS) is 37.4. The summed E-state index contributed by atoms with van der Waals surface area (Å²) in [5.41, 5.74) is 0. The number of hydrogen-bond donors (Lipinski definition) is 1. The highest BCUT2D eigenvalue weighted by Gasteiger charge is 2.37. The lowest BCUT2D eigenvalue weighted by molar-refractivity contribution is 0.0192. The fourth-order valence-corrected chi connectivity index (χ4v) is 5.14. The minimum atomic E-state index is 0.776. The number of thioether (sulfide) groups is 1. The summed E-state index contributed by atoms with van der Waals surface area (Å²) in [5.74, 6) is 2.68. The zero-order valence-corrected chi connectivity index (χ0v) is 13.1. The number of piperidine rings is 2. The average molecular weight is 283 g/mol. The summed E-state index contributed by atoms with van der Waals surface area (Å²) >= 11 is 2.12. The molecule has 0 aromatic carbocycles. The third kappa shape index (κ3) is 3.46. The summed E-state index contributed by atoms with van der Waals surface area (Å²) in [5, 5.41) is 3.52. The third-order valence-electron chi connectivity index (χ3n) is 5.31. The Morgan fingerprint density at radius 3 is 2.37 bits per heavy atom. The molecule has 4 heteroatoms. The van der Waals surface area contributed by atoms with Gasteiger partial charge in [0.05, 0.1) is 0 Å². The molecule has 110 valence electrons. The van der Waals surface area contributed by atoms with Crippen LogP contribution in [-0.2, 0) is 0 Å². The fourth-order valence-electron chi connectivity index (χ4n) is 4.16. The van der Waals surface area contributed by atoms with Crippen molar-refractivity contribution in [2.75, 3.05) is 44.7 Å². The minimum absolute atomic E-state index is 0.776. The van der Waals surface area contributed by atoms with Gasteiger partial charge in [-0.25, -0.2) is 0 Å². The lowest BCUT2D eigenvalue weighted by Crippen LogP contribution is -2.57. The molecule has 3 heterocycles. The molecule has 0 aromatic rings. The van der Waals surface area contributed by atoms with Crippen LogP contribution in [0.4, 0.5) is 0 Å². The van der Waals surface area contributed by atoms with Crippen molar-refractivity contribution in [3.63, 3.8) is 0 Å². The molecular weight excluding hydrogens is 254 g/mol. The predicted molar refractivity (Wildman–Crippen MR) is 84.0 cm³/mol. The Hall–Kier alpha value is 0.230. The van der Waals surface area contributed by atoms with E-state index in [1.54, 1.807) is 0 Å². The Labute approximate surface area is 122 Å². The second-order valence-corrected chi connectivity index (χ2v) is 7.61. The van der Waals surface area contributed by atoms with Crippen LogP contribution in [0.5, 0.6) is 0 Å². The third-order valence-corrected chi connectivity index (χ3v) is 6.25. The van der Waals surface area contributed by atoms with E-state index in [4.69, 9.17) is 0 Å². The van der Waals surface area contributed by atoms with Crippen LogP contribution in [0.3, 0.4) is 0 Å². The molecule has 2 atom stereocenters. The highest BCUT2D eigenvalue weighted by Crippen LogP contribution is 2.33. The van der Waals surface area contributed by atoms with Gasteiger partial charge in [0.15, 0.2) is 0 Å². The monoisotopic (exact) mass is 283 g/mol. The summed E-state index contributed by atoms with van der Waals surface area (Å²) in [7, 11) is 2.14. The van der Waals surface area contributed by atoms with Gasteiger partial charge in [0.25, 0.3) is 0 Å². The first-order chi connectivity index (χ1) is 9.36. The van der Waals surface area contributed by atoms with Gasteiger partial charge in [-0.15, -0.1) is 0 Å². The quantitative estimate of drug-likeness (QED) is 0.845. The molecule has 19 heavy (non-hydrogen) atoms. The Balaban J connectivity index is 1.52. The molecule has 0 amide bonds. The molecule has 0 aromatic heterocycles. The molecule has 0 radical (unpaired) electrons. The molecule has 3 rings (SSSR count). The van der Waals surface area contributed by atoms with Crippen molar-refractivity contribution in [2.24, 2.45) is 0 Å². The fraction of sp³-hybridized carbons (Fsp3) is 1.00. The predicted octanol–water partition coefficient (Wildman–Crippen LogP) is 1.64. The van der Waals surface area contributed by atoms with E-state index in [0.717, 1.165) is 18.1 Å². The van der Waals surface area contributed by atoms with Gasteiger partial charge in [0, 0.05) is 55.8 Å². The van der Waals surface area contributed by atoms with Crippen molar-refractivity contribution >= 4 is 11.8 Å². The Morgan fingerprint density at radius 1 is 1.05 bits per heavy atom. The highest BCUT2D eigenvalue weighted by atomic mass is 32.2. The van der Waals surface area contributed by atoms with Crippen LogP contribution in [0.2, 0.25) is 0 Å². The van der Waals surface area contributed by atoms with Gasteiger partial charge >= 0.3 is 0 Å². The van der Waals surface area contributed by atoms with Gasteiger partial charge in [0.2, 0.25) is 0 Å². The molecular formula is C15H29N3S. The number of nitrogens with one attached hydrogen (secondary N) is 1. The van der Waals surface area contributed by atoms with E-state index in [2.05, 4.69) is 33.9 Å². The van der Waals surface area contributed by atoms with Crippen LogP contribution in [0, 0.1) is 0 Å². The Morgan fingerprint density at radius 2 is 1.74 bits per heavy atom. The van der Waals surface area contributed by atoms with E-state index in [1.165, 1.54) is 69.8 Å². The van der Waals surface area contributed by atoms with Crippen LogP contribution in [0.15, 0.2) is 0 Å². The maximum Gasteiger partial charge on any atom is 0.0115 e. The molecule has 3 aliphatic heterocycles. The molecule has 3 fully saturated rings. The van der Waals surface area contributed by atoms with Gasteiger partial charge < -0.3 is 10.2 Å². The summed E-state index contributed by atoms with van der Waals surface area (Å²) in [6.45, 7) is 5.24. The van der Waals surface area contributed by atoms with Crippen LogP contribution >= 0.6 is 11.8 Å². The lowest BCUT2D eigenvalue weighted by atomic mass is 9.82. The smallest absolute Gasteiger partial charge is 0.0115 e. The Bertz CT molecular complexity index is 267. The second-order valence-electron chi connectivity index (χ2n) is 6.39. The van der Waals surface area contributed by atoms with Gasteiger partial charge in [-0.3, -0.25) is 4.90 Å². The van der Waals surface area contributed by atoms with E-state index in [-0.39, 0.29) is 0 Å². The van der Waals surface area contributed by atoms with E-state index < -0.39 is 0 Å². The topological polar surface area (TPSA) is 18.5 Å². The van der Waals surface area contributed by atoms with E-state index in [9.17, 15) is 0 Å². The number of rotatable bonds is 4.